The number of carboxylic acids is 1. The fourth-order valence-electron chi connectivity index (χ4n) is 1.67. The lowest BCUT2D eigenvalue weighted by molar-refractivity contribution is -0.186. The average Bonchev–Trinajstić information content (AvgIpc) is 2.54. The summed E-state index contributed by atoms with van der Waals surface area (Å²) >= 11 is 0. The quantitative estimate of drug-likeness (QED) is 0.878. The van der Waals surface area contributed by atoms with Crippen LogP contribution in [0.4, 0.5) is 13.2 Å². The summed E-state index contributed by atoms with van der Waals surface area (Å²) in [5.74, 6) is -1.68. The summed E-state index contributed by atoms with van der Waals surface area (Å²) in [6.45, 7) is -1.98. The van der Waals surface area contributed by atoms with Crippen molar-refractivity contribution in [3.63, 3.8) is 0 Å². The molecule has 0 aliphatic carbocycles. The summed E-state index contributed by atoms with van der Waals surface area (Å²) in [5.41, 5.74) is -0.120. The first-order valence-electron chi connectivity index (χ1n) is 6.24. The van der Waals surface area contributed by atoms with Crippen molar-refractivity contribution >= 4 is 5.97 Å². The molecule has 1 heterocycles. The van der Waals surface area contributed by atoms with E-state index in [9.17, 15) is 18.0 Å². The minimum absolute atomic E-state index is 0.00666. The van der Waals surface area contributed by atoms with Gasteiger partial charge in [0, 0.05) is 11.6 Å². The van der Waals surface area contributed by atoms with E-state index in [0.717, 1.165) is 12.1 Å². The number of ether oxygens (including phenoxy) is 2. The van der Waals surface area contributed by atoms with Crippen molar-refractivity contribution in [3.05, 3.63) is 36.0 Å². The molecule has 0 saturated carbocycles. The zero-order valence-electron chi connectivity index (χ0n) is 11.8. The highest BCUT2D eigenvalue weighted by molar-refractivity contribution is 5.86. The number of aromatic nitrogens is 2. The minimum Gasteiger partial charge on any atom is -0.481 e. The first-order chi connectivity index (χ1) is 10.8. The van der Waals surface area contributed by atoms with Gasteiger partial charge < -0.3 is 14.6 Å². The maximum Gasteiger partial charge on any atom is 0.427 e. The average molecular weight is 328 g/mol. The molecule has 1 N–H and O–H groups in total. The predicted octanol–water partition coefficient (Wildman–Crippen LogP) is 2.79. The van der Waals surface area contributed by atoms with Crippen molar-refractivity contribution in [1.29, 1.82) is 0 Å². The Labute approximate surface area is 128 Å². The third-order valence-corrected chi connectivity index (χ3v) is 2.65. The molecule has 6 nitrogen and oxygen atoms in total. The van der Waals surface area contributed by atoms with Gasteiger partial charge in [0.1, 0.15) is 5.75 Å². The van der Waals surface area contributed by atoms with Gasteiger partial charge in [-0.25, -0.2) is 14.2 Å². The highest BCUT2D eigenvalue weighted by atomic mass is 19.3. The maximum atomic E-state index is 12.9. The highest BCUT2D eigenvalue weighted by Crippen LogP contribution is 2.27. The molecule has 0 aliphatic heterocycles. The van der Waals surface area contributed by atoms with E-state index in [1.807, 2.05) is 0 Å². The van der Waals surface area contributed by atoms with Gasteiger partial charge in [-0.1, -0.05) is 12.1 Å². The molecule has 1 aromatic carbocycles. The van der Waals surface area contributed by atoms with Crippen LogP contribution in [-0.2, 0) is 0 Å². The molecule has 0 amide bonds. The van der Waals surface area contributed by atoms with E-state index in [0.29, 0.717) is 0 Å². The van der Waals surface area contributed by atoms with Gasteiger partial charge in [-0.05, 0) is 12.1 Å². The van der Waals surface area contributed by atoms with Crippen LogP contribution in [0, 0.1) is 0 Å². The number of hydrogen-bond donors (Lipinski definition) is 1. The first kappa shape index (κ1) is 16.5. The van der Waals surface area contributed by atoms with E-state index in [2.05, 4.69) is 14.7 Å². The van der Waals surface area contributed by atoms with Crippen LogP contribution >= 0.6 is 0 Å². The molecule has 0 fully saturated rings. The number of nitrogens with zero attached hydrogens (tertiary/aromatic N) is 2. The zero-order chi connectivity index (χ0) is 17.0. The molecule has 2 rings (SSSR count). The van der Waals surface area contributed by atoms with E-state index in [-0.39, 0.29) is 28.7 Å². The van der Waals surface area contributed by atoms with Crippen LogP contribution in [0.1, 0.15) is 10.5 Å². The summed E-state index contributed by atoms with van der Waals surface area (Å²) in [6, 6.07) is 6.28. The van der Waals surface area contributed by atoms with Crippen molar-refractivity contribution in [3.8, 4) is 23.0 Å². The number of hydrogen-bond acceptors (Lipinski definition) is 5. The lowest BCUT2D eigenvalue weighted by atomic mass is 10.2. The van der Waals surface area contributed by atoms with Crippen molar-refractivity contribution in [2.75, 3.05) is 13.8 Å². The predicted molar refractivity (Wildman–Crippen MR) is 72.5 cm³/mol. The summed E-state index contributed by atoms with van der Waals surface area (Å²) < 4.78 is 47.1. The second kappa shape index (κ2) is 6.51. The minimum atomic E-state index is -3.96. The Balaban J connectivity index is 2.42. The number of carboxylic acid groups (broad SMARTS) is 1. The van der Waals surface area contributed by atoms with Crippen LogP contribution in [0.15, 0.2) is 30.3 Å². The van der Waals surface area contributed by atoms with Crippen molar-refractivity contribution in [1.82, 2.24) is 9.97 Å². The Morgan fingerprint density at radius 3 is 2.65 bits per heavy atom. The van der Waals surface area contributed by atoms with Crippen LogP contribution in [0.3, 0.4) is 0 Å². The van der Waals surface area contributed by atoms with Gasteiger partial charge in [0.05, 0.1) is 7.11 Å². The van der Waals surface area contributed by atoms with Gasteiger partial charge in [-0.15, -0.1) is 0 Å². The fourth-order valence-corrected chi connectivity index (χ4v) is 1.67. The van der Waals surface area contributed by atoms with Crippen molar-refractivity contribution in [2.24, 2.45) is 0 Å². The number of aromatic carboxylic acids is 1. The second-order valence-electron chi connectivity index (χ2n) is 4.33. The van der Waals surface area contributed by atoms with Crippen LogP contribution in [0.25, 0.3) is 11.4 Å². The van der Waals surface area contributed by atoms with Gasteiger partial charge in [0.25, 0.3) is 0 Å². The number of carbonyl (C=O) groups is 1. The Morgan fingerprint density at radius 1 is 1.30 bits per heavy atom. The monoisotopic (exact) mass is 328 g/mol. The van der Waals surface area contributed by atoms with Gasteiger partial charge in [0.15, 0.2) is 18.2 Å². The third-order valence-electron chi connectivity index (χ3n) is 2.65. The lowest BCUT2D eigenvalue weighted by Gasteiger charge is -2.15. The highest BCUT2D eigenvalue weighted by Gasteiger charge is 2.31. The van der Waals surface area contributed by atoms with Crippen molar-refractivity contribution < 1.29 is 32.5 Å². The molecular formula is C14H11F3N2O4. The summed E-state index contributed by atoms with van der Waals surface area (Å²) in [5, 5.41) is 9.00. The number of methoxy groups -OCH3 is 1. The molecule has 0 radical (unpaired) electrons. The number of halogens is 3. The first-order valence-corrected chi connectivity index (χ1v) is 6.24. The Kier molecular flexibility index (Phi) is 4.68. The van der Waals surface area contributed by atoms with Crippen LogP contribution in [-0.4, -0.2) is 40.9 Å². The molecular weight excluding hydrogens is 317 g/mol. The summed E-state index contributed by atoms with van der Waals surface area (Å²) in [6.07, 6.45) is -3.96. The van der Waals surface area contributed by atoms with Crippen LogP contribution < -0.4 is 9.47 Å². The number of rotatable bonds is 6. The molecule has 9 heteroatoms. The van der Waals surface area contributed by atoms with Crippen molar-refractivity contribution in [2.45, 2.75) is 6.11 Å². The molecule has 23 heavy (non-hydrogen) atoms. The Bertz CT molecular complexity index is 725. The zero-order valence-corrected chi connectivity index (χ0v) is 11.8. The standard InChI is InChI=1S/C14H11F3N2O4/c1-22-11-6-10(13(20)21)18-12(19-11)8-3-2-4-9(5-8)23-14(16,17)7-15/h2-6H,7H2,1H3,(H,20,21). The van der Waals surface area contributed by atoms with Crippen LogP contribution in [0.2, 0.25) is 0 Å². The second-order valence-corrected chi connectivity index (χ2v) is 4.33. The molecule has 0 spiro atoms. The van der Waals surface area contributed by atoms with E-state index in [1.165, 1.54) is 25.3 Å². The van der Waals surface area contributed by atoms with Gasteiger partial charge in [-0.2, -0.15) is 13.8 Å². The SMILES string of the molecule is COc1cc(C(=O)O)nc(-c2cccc(OC(F)(F)CF)c2)n1. The van der Waals surface area contributed by atoms with Gasteiger partial charge in [-0.3, -0.25) is 0 Å². The lowest BCUT2D eigenvalue weighted by Crippen LogP contribution is -2.26. The largest absolute Gasteiger partial charge is 0.481 e. The van der Waals surface area contributed by atoms with E-state index in [1.54, 1.807) is 0 Å². The van der Waals surface area contributed by atoms with Gasteiger partial charge in [0.2, 0.25) is 5.88 Å². The van der Waals surface area contributed by atoms with Crippen LogP contribution in [0.5, 0.6) is 11.6 Å². The Hall–Kier alpha value is -2.84. The molecule has 0 atom stereocenters. The smallest absolute Gasteiger partial charge is 0.427 e. The summed E-state index contributed by atoms with van der Waals surface area (Å²) in [4.78, 5) is 18.8. The molecule has 0 saturated heterocycles. The molecule has 2 aromatic rings. The van der Waals surface area contributed by atoms with E-state index >= 15 is 0 Å². The van der Waals surface area contributed by atoms with Gasteiger partial charge >= 0.3 is 12.1 Å². The fraction of sp³-hybridized carbons (Fsp3) is 0.214. The molecule has 0 unspecified atom stereocenters. The maximum absolute atomic E-state index is 12.9. The molecule has 0 aliphatic rings. The van der Waals surface area contributed by atoms with E-state index < -0.39 is 18.8 Å². The summed E-state index contributed by atoms with van der Waals surface area (Å²) in [7, 11) is 1.29. The molecule has 122 valence electrons. The number of alkyl halides is 3. The van der Waals surface area contributed by atoms with E-state index in [4.69, 9.17) is 9.84 Å². The topological polar surface area (TPSA) is 81.5 Å². The normalized spacial score (nSPS) is 11.1. The Morgan fingerprint density at radius 2 is 2.04 bits per heavy atom. The number of benzene rings is 1. The third kappa shape index (κ3) is 4.09. The molecule has 0 bridgehead atoms. The molecule has 1 aromatic heterocycles.